The van der Waals surface area contributed by atoms with Crippen LogP contribution in [0.15, 0.2) is 34.9 Å². The Morgan fingerprint density at radius 2 is 1.95 bits per heavy atom. The van der Waals surface area contributed by atoms with Crippen LogP contribution in [0.2, 0.25) is 0 Å². The molecule has 0 bridgehead atoms. The molecule has 1 aliphatic heterocycles. The normalized spacial score (nSPS) is 17.3. The van der Waals surface area contributed by atoms with E-state index in [2.05, 4.69) is 6.92 Å². The van der Waals surface area contributed by atoms with E-state index in [4.69, 9.17) is 13.9 Å². The van der Waals surface area contributed by atoms with Gasteiger partial charge in [0, 0.05) is 17.9 Å². The van der Waals surface area contributed by atoms with Crippen LogP contribution < -0.4 is 9.47 Å². The van der Waals surface area contributed by atoms with Crippen molar-refractivity contribution in [1.82, 2.24) is 0 Å². The Hall–Kier alpha value is -2.23. The van der Waals surface area contributed by atoms with Gasteiger partial charge in [0.1, 0.15) is 5.76 Å². The number of aryl methyl sites for hydroxylation is 1. The van der Waals surface area contributed by atoms with Crippen LogP contribution in [0.4, 0.5) is 0 Å². The van der Waals surface area contributed by atoms with E-state index in [1.54, 1.807) is 30.5 Å². The summed E-state index contributed by atoms with van der Waals surface area (Å²) in [5.41, 5.74) is 1.20. The van der Waals surface area contributed by atoms with Crippen molar-refractivity contribution < 1.29 is 18.7 Å². The predicted octanol–water partition coefficient (Wildman–Crippen LogP) is 3.48. The van der Waals surface area contributed by atoms with E-state index >= 15 is 0 Å². The zero-order valence-electron chi connectivity index (χ0n) is 12.2. The third-order valence-corrected chi connectivity index (χ3v) is 3.56. The molecule has 0 aliphatic carbocycles. The maximum atomic E-state index is 12.6. The van der Waals surface area contributed by atoms with Crippen molar-refractivity contribution in [3.63, 3.8) is 0 Å². The highest BCUT2D eigenvalue weighted by Gasteiger charge is 2.20. The largest absolute Gasteiger partial charge is 0.489 e. The molecule has 1 atom stereocenters. The van der Waals surface area contributed by atoms with Gasteiger partial charge in [0.2, 0.25) is 0 Å². The molecule has 2 heterocycles. The summed E-state index contributed by atoms with van der Waals surface area (Å²) in [6.07, 6.45) is 2.24. The molecule has 1 aliphatic rings. The molecule has 4 nitrogen and oxygen atoms in total. The summed E-state index contributed by atoms with van der Waals surface area (Å²) in [5.74, 6) is 2.31. The molecular formula is C17H18O4. The molecule has 0 saturated carbocycles. The van der Waals surface area contributed by atoms with Gasteiger partial charge in [-0.2, -0.15) is 0 Å². The monoisotopic (exact) mass is 286 g/mol. The molecule has 3 rings (SSSR count). The van der Waals surface area contributed by atoms with Crippen LogP contribution in [-0.2, 0) is 6.42 Å². The number of benzene rings is 1. The Bertz CT molecular complexity index is 657. The van der Waals surface area contributed by atoms with E-state index in [1.807, 2.05) is 6.92 Å². The number of furan rings is 1. The fraction of sp³-hybridized carbons (Fsp3) is 0.353. The number of fused-ring (bicyclic) bond motifs is 1. The van der Waals surface area contributed by atoms with Crippen LogP contribution in [0.1, 0.15) is 35.5 Å². The standard InChI is InChI=1S/C17H18O4/c1-3-14-13(6-7-19-14)17(18)12-4-5-15-16(8-12)21-10-11(2)9-20-15/h4-8,11H,3,9-10H2,1-2H3. The zero-order chi connectivity index (χ0) is 14.8. The third kappa shape index (κ3) is 2.66. The second kappa shape index (κ2) is 5.64. The first-order valence-corrected chi connectivity index (χ1v) is 7.19. The first-order valence-electron chi connectivity index (χ1n) is 7.19. The minimum atomic E-state index is -0.0516. The van der Waals surface area contributed by atoms with Crippen molar-refractivity contribution in [3.05, 3.63) is 47.4 Å². The number of hydrogen-bond acceptors (Lipinski definition) is 4. The Morgan fingerprint density at radius 1 is 1.19 bits per heavy atom. The second-order valence-electron chi connectivity index (χ2n) is 5.33. The number of carbonyl (C=O) groups excluding carboxylic acids is 1. The minimum absolute atomic E-state index is 0.0516. The highest BCUT2D eigenvalue weighted by Crippen LogP contribution is 2.32. The molecule has 0 saturated heterocycles. The van der Waals surface area contributed by atoms with E-state index < -0.39 is 0 Å². The molecule has 4 heteroatoms. The SMILES string of the molecule is CCc1occc1C(=O)c1ccc2c(c1)OCC(C)CO2. The minimum Gasteiger partial charge on any atom is -0.489 e. The maximum Gasteiger partial charge on any atom is 0.196 e. The quantitative estimate of drug-likeness (QED) is 0.810. The van der Waals surface area contributed by atoms with Gasteiger partial charge in [-0.25, -0.2) is 0 Å². The molecule has 0 radical (unpaired) electrons. The molecule has 21 heavy (non-hydrogen) atoms. The Balaban J connectivity index is 1.92. The van der Waals surface area contributed by atoms with Crippen molar-refractivity contribution in [2.24, 2.45) is 5.92 Å². The topological polar surface area (TPSA) is 48.7 Å². The summed E-state index contributed by atoms with van der Waals surface area (Å²) in [6, 6.07) is 7.04. The molecule has 110 valence electrons. The predicted molar refractivity (Wildman–Crippen MR) is 78.1 cm³/mol. The number of ketones is 1. The van der Waals surface area contributed by atoms with E-state index in [-0.39, 0.29) is 5.78 Å². The first-order chi connectivity index (χ1) is 10.2. The lowest BCUT2D eigenvalue weighted by molar-refractivity contribution is 0.103. The summed E-state index contributed by atoms with van der Waals surface area (Å²) in [7, 11) is 0. The zero-order valence-corrected chi connectivity index (χ0v) is 12.2. The molecule has 1 unspecified atom stereocenters. The van der Waals surface area contributed by atoms with Crippen LogP contribution in [0.3, 0.4) is 0 Å². The van der Waals surface area contributed by atoms with Gasteiger partial charge in [0.05, 0.1) is 25.0 Å². The van der Waals surface area contributed by atoms with Crippen molar-refractivity contribution in [3.8, 4) is 11.5 Å². The summed E-state index contributed by atoms with van der Waals surface area (Å²) in [6.45, 7) is 5.25. The summed E-state index contributed by atoms with van der Waals surface area (Å²) in [4.78, 5) is 12.6. The summed E-state index contributed by atoms with van der Waals surface area (Å²) >= 11 is 0. The van der Waals surface area contributed by atoms with Crippen molar-refractivity contribution >= 4 is 5.78 Å². The molecule has 0 spiro atoms. The van der Waals surface area contributed by atoms with Crippen molar-refractivity contribution in [1.29, 1.82) is 0 Å². The molecule has 0 N–H and O–H groups in total. The van der Waals surface area contributed by atoms with Gasteiger partial charge < -0.3 is 13.9 Å². The lowest BCUT2D eigenvalue weighted by Gasteiger charge is -2.08. The van der Waals surface area contributed by atoms with Crippen LogP contribution >= 0.6 is 0 Å². The van der Waals surface area contributed by atoms with Crippen LogP contribution in [0, 0.1) is 5.92 Å². The molecule has 0 fully saturated rings. The van der Waals surface area contributed by atoms with E-state index in [1.165, 1.54) is 0 Å². The molecular weight excluding hydrogens is 268 g/mol. The molecule has 1 aromatic carbocycles. The molecule has 0 amide bonds. The lowest BCUT2D eigenvalue weighted by Crippen LogP contribution is -2.12. The van der Waals surface area contributed by atoms with Gasteiger partial charge in [0.25, 0.3) is 0 Å². The number of carbonyl (C=O) groups is 1. The van der Waals surface area contributed by atoms with Crippen LogP contribution in [0.5, 0.6) is 11.5 Å². The fourth-order valence-electron chi connectivity index (χ4n) is 2.37. The van der Waals surface area contributed by atoms with Gasteiger partial charge >= 0.3 is 0 Å². The van der Waals surface area contributed by atoms with Crippen LogP contribution in [-0.4, -0.2) is 19.0 Å². The first kappa shape index (κ1) is 13.7. The average Bonchev–Trinajstić information content (AvgIpc) is 2.91. The van der Waals surface area contributed by atoms with Gasteiger partial charge in [-0.1, -0.05) is 13.8 Å². The Labute approximate surface area is 123 Å². The molecule has 1 aromatic heterocycles. The number of hydrogen-bond donors (Lipinski definition) is 0. The lowest BCUT2D eigenvalue weighted by atomic mass is 10.0. The number of ether oxygens (including phenoxy) is 2. The Morgan fingerprint density at radius 3 is 2.71 bits per heavy atom. The van der Waals surface area contributed by atoms with Gasteiger partial charge in [-0.05, 0) is 24.3 Å². The highest BCUT2D eigenvalue weighted by atomic mass is 16.5. The summed E-state index contributed by atoms with van der Waals surface area (Å²) in [5, 5.41) is 0. The van der Waals surface area contributed by atoms with Crippen molar-refractivity contribution in [2.75, 3.05) is 13.2 Å². The van der Waals surface area contributed by atoms with Crippen molar-refractivity contribution in [2.45, 2.75) is 20.3 Å². The number of rotatable bonds is 3. The van der Waals surface area contributed by atoms with E-state index in [0.29, 0.717) is 53.9 Å². The summed E-state index contributed by atoms with van der Waals surface area (Å²) < 4.78 is 16.7. The average molecular weight is 286 g/mol. The van der Waals surface area contributed by atoms with E-state index in [9.17, 15) is 4.79 Å². The van der Waals surface area contributed by atoms with E-state index in [0.717, 1.165) is 0 Å². The fourth-order valence-corrected chi connectivity index (χ4v) is 2.37. The maximum absolute atomic E-state index is 12.6. The smallest absolute Gasteiger partial charge is 0.196 e. The van der Waals surface area contributed by atoms with Gasteiger partial charge in [-0.15, -0.1) is 0 Å². The molecule has 2 aromatic rings. The second-order valence-corrected chi connectivity index (χ2v) is 5.33. The third-order valence-electron chi connectivity index (χ3n) is 3.56. The van der Waals surface area contributed by atoms with Gasteiger partial charge in [0.15, 0.2) is 17.3 Å². The van der Waals surface area contributed by atoms with Crippen LogP contribution in [0.25, 0.3) is 0 Å². The van der Waals surface area contributed by atoms with Gasteiger partial charge in [-0.3, -0.25) is 4.79 Å². The highest BCUT2D eigenvalue weighted by molar-refractivity contribution is 6.09. The Kier molecular flexibility index (Phi) is 3.69.